The monoisotopic (exact) mass is 484 g/mol. The lowest BCUT2D eigenvalue weighted by molar-refractivity contribution is 0.157. The lowest BCUT2D eigenvalue weighted by Gasteiger charge is -2.36. The average Bonchev–Trinajstić information content (AvgIpc) is 2.81. The molecule has 5 nitrogen and oxygen atoms in total. The molecule has 1 N–H and O–H groups in total. The number of hydrogen-bond donors (Lipinski definition) is 1. The van der Waals surface area contributed by atoms with E-state index in [1.54, 1.807) is 14.2 Å². The normalized spacial score (nSPS) is 14.6. The lowest BCUT2D eigenvalue weighted by Crippen LogP contribution is -2.45. The molecular weight excluding hydrogens is 447 g/mol. The zero-order valence-electron chi connectivity index (χ0n) is 19.5. The van der Waals surface area contributed by atoms with Crippen molar-refractivity contribution in [2.75, 3.05) is 40.4 Å². The molecule has 1 aliphatic rings. The minimum Gasteiger partial charge on any atom is -0.493 e. The predicted octanol–water partition coefficient (Wildman–Crippen LogP) is 5.65. The molecule has 0 amide bonds. The number of piperazine rings is 1. The molecule has 1 fully saturated rings. The largest absolute Gasteiger partial charge is 0.493 e. The van der Waals surface area contributed by atoms with Crippen molar-refractivity contribution in [3.63, 3.8) is 0 Å². The van der Waals surface area contributed by atoms with Gasteiger partial charge in [-0.25, -0.2) is 0 Å². The van der Waals surface area contributed by atoms with Crippen LogP contribution in [0.3, 0.4) is 0 Å². The first-order valence-corrected chi connectivity index (χ1v) is 11.1. The third-order valence-corrected chi connectivity index (χ3v) is 5.79. The molecule has 0 radical (unpaired) electrons. The highest BCUT2D eigenvalue weighted by atomic mass is 35.5. The fourth-order valence-electron chi connectivity index (χ4n) is 4.11. The molecule has 7 heteroatoms. The van der Waals surface area contributed by atoms with Crippen LogP contribution in [0.15, 0.2) is 42.5 Å². The second-order valence-corrected chi connectivity index (χ2v) is 7.82. The molecule has 180 valence electrons. The van der Waals surface area contributed by atoms with Gasteiger partial charge in [-0.05, 0) is 18.1 Å². The van der Waals surface area contributed by atoms with Crippen LogP contribution in [0.25, 0.3) is 0 Å². The molecule has 0 spiro atoms. The van der Waals surface area contributed by atoms with Crippen LogP contribution in [0.5, 0.6) is 17.2 Å². The molecule has 0 unspecified atom stereocenters. The molecule has 2 aromatic rings. The van der Waals surface area contributed by atoms with E-state index >= 15 is 0 Å². The number of ether oxygens (including phenoxy) is 3. The number of unbranched alkanes of at least 4 members (excludes halogenated alkanes) is 2. The smallest absolute Gasteiger partial charge is 0.164 e. The summed E-state index contributed by atoms with van der Waals surface area (Å²) >= 11 is 0. The Hall–Kier alpha value is -1.66. The van der Waals surface area contributed by atoms with Crippen molar-refractivity contribution in [3.8, 4) is 17.2 Å². The van der Waals surface area contributed by atoms with Gasteiger partial charge in [-0.1, -0.05) is 56.5 Å². The van der Waals surface area contributed by atoms with Crippen LogP contribution < -0.4 is 19.5 Å². The van der Waals surface area contributed by atoms with Gasteiger partial charge in [-0.2, -0.15) is 0 Å². The Bertz CT molecular complexity index is 771. The zero-order valence-corrected chi connectivity index (χ0v) is 21.1. The zero-order chi connectivity index (χ0) is 21.2. The van der Waals surface area contributed by atoms with Crippen molar-refractivity contribution >= 4 is 24.8 Å². The van der Waals surface area contributed by atoms with E-state index in [1.165, 1.54) is 24.8 Å². The highest BCUT2D eigenvalue weighted by Crippen LogP contribution is 2.41. The van der Waals surface area contributed by atoms with Crippen LogP contribution in [-0.2, 0) is 6.61 Å². The number of hydrogen-bond acceptors (Lipinski definition) is 5. The molecule has 3 rings (SSSR count). The molecule has 0 saturated carbocycles. The molecule has 32 heavy (non-hydrogen) atoms. The van der Waals surface area contributed by atoms with Crippen LogP contribution in [0.1, 0.15) is 49.8 Å². The van der Waals surface area contributed by atoms with Gasteiger partial charge in [-0.3, -0.25) is 4.90 Å². The fraction of sp³-hybridized carbons (Fsp3) is 0.520. The maximum atomic E-state index is 6.37. The highest BCUT2D eigenvalue weighted by molar-refractivity contribution is 5.85. The van der Waals surface area contributed by atoms with E-state index in [4.69, 9.17) is 14.2 Å². The molecule has 0 aromatic heterocycles. The average molecular weight is 485 g/mol. The van der Waals surface area contributed by atoms with Gasteiger partial charge in [0.2, 0.25) is 0 Å². The standard InChI is InChI=1S/C25H36N2O3.2ClH/c1-4-5-7-12-22(27-15-13-26-14-16-27)21-17-24(28-2)25(29-3)18-23(21)30-19-20-10-8-6-9-11-20;;/h6,8-11,17-18,22,26H,4-5,7,12-16,19H2,1-3H3;2*1H/t22-;;/m0../s1. The first-order chi connectivity index (χ1) is 14.8. The molecule has 1 heterocycles. The molecule has 1 aliphatic heterocycles. The van der Waals surface area contributed by atoms with Crippen molar-refractivity contribution in [2.45, 2.75) is 45.3 Å². The third kappa shape index (κ3) is 7.73. The van der Waals surface area contributed by atoms with Crippen LogP contribution in [-0.4, -0.2) is 45.3 Å². The van der Waals surface area contributed by atoms with Crippen LogP contribution in [0.2, 0.25) is 0 Å². The summed E-state index contributed by atoms with van der Waals surface area (Å²) in [5.41, 5.74) is 2.35. The molecule has 2 aromatic carbocycles. The summed E-state index contributed by atoms with van der Waals surface area (Å²) in [4.78, 5) is 2.59. The van der Waals surface area contributed by atoms with Gasteiger partial charge in [0, 0.05) is 43.9 Å². The Morgan fingerprint density at radius 1 is 0.906 bits per heavy atom. The van der Waals surface area contributed by atoms with Crippen molar-refractivity contribution in [2.24, 2.45) is 0 Å². The Kier molecular flexibility index (Phi) is 13.5. The van der Waals surface area contributed by atoms with Crippen LogP contribution in [0.4, 0.5) is 0 Å². The van der Waals surface area contributed by atoms with Gasteiger partial charge in [-0.15, -0.1) is 24.8 Å². The van der Waals surface area contributed by atoms with E-state index in [9.17, 15) is 0 Å². The van der Waals surface area contributed by atoms with E-state index in [0.717, 1.165) is 49.7 Å². The van der Waals surface area contributed by atoms with Gasteiger partial charge in [0.15, 0.2) is 11.5 Å². The molecule has 0 aliphatic carbocycles. The molecule has 0 bridgehead atoms. The number of halogens is 2. The van der Waals surface area contributed by atoms with Crippen molar-refractivity contribution < 1.29 is 14.2 Å². The molecule has 1 saturated heterocycles. The summed E-state index contributed by atoms with van der Waals surface area (Å²) < 4.78 is 17.6. The second-order valence-electron chi connectivity index (χ2n) is 7.82. The van der Waals surface area contributed by atoms with Crippen molar-refractivity contribution in [1.82, 2.24) is 10.2 Å². The number of benzene rings is 2. The maximum absolute atomic E-state index is 6.37. The SMILES string of the molecule is CCCCC[C@@H](c1cc(OC)c(OC)cc1OCc1ccccc1)N1CCNCC1.Cl.Cl. The summed E-state index contributed by atoms with van der Waals surface area (Å²) in [5, 5.41) is 3.47. The summed E-state index contributed by atoms with van der Waals surface area (Å²) in [5.74, 6) is 2.35. The molecule has 1 atom stereocenters. The number of rotatable bonds is 11. The van der Waals surface area contributed by atoms with E-state index < -0.39 is 0 Å². The van der Waals surface area contributed by atoms with Gasteiger partial charge >= 0.3 is 0 Å². The predicted molar refractivity (Wildman–Crippen MR) is 136 cm³/mol. The first-order valence-electron chi connectivity index (χ1n) is 11.1. The fourth-order valence-corrected chi connectivity index (χ4v) is 4.11. The van der Waals surface area contributed by atoms with Gasteiger partial charge in [0.25, 0.3) is 0 Å². The van der Waals surface area contributed by atoms with Crippen molar-refractivity contribution in [3.05, 3.63) is 53.6 Å². The van der Waals surface area contributed by atoms with E-state index in [0.29, 0.717) is 18.4 Å². The third-order valence-electron chi connectivity index (χ3n) is 5.79. The Morgan fingerprint density at radius 3 is 2.19 bits per heavy atom. The van der Waals surface area contributed by atoms with E-state index in [1.807, 2.05) is 24.3 Å². The Balaban J connectivity index is 0.00000256. The minimum absolute atomic E-state index is 0. The highest BCUT2D eigenvalue weighted by Gasteiger charge is 2.26. The number of nitrogens with zero attached hydrogens (tertiary/aromatic N) is 1. The molecular formula is C25H38Cl2N2O3. The van der Waals surface area contributed by atoms with Crippen molar-refractivity contribution in [1.29, 1.82) is 0 Å². The summed E-state index contributed by atoms with van der Waals surface area (Å²) in [6.45, 7) is 6.93. The van der Waals surface area contributed by atoms with Crippen LogP contribution in [0, 0.1) is 0 Å². The summed E-state index contributed by atoms with van der Waals surface area (Å²) in [7, 11) is 3.37. The maximum Gasteiger partial charge on any atom is 0.164 e. The van der Waals surface area contributed by atoms with Gasteiger partial charge < -0.3 is 19.5 Å². The van der Waals surface area contributed by atoms with E-state index in [-0.39, 0.29) is 24.8 Å². The number of nitrogens with one attached hydrogen (secondary N) is 1. The number of methoxy groups -OCH3 is 2. The minimum atomic E-state index is 0. The Labute approximate surface area is 205 Å². The quantitative estimate of drug-likeness (QED) is 0.417. The summed E-state index contributed by atoms with van der Waals surface area (Å²) in [6.07, 6.45) is 4.79. The van der Waals surface area contributed by atoms with Crippen LogP contribution >= 0.6 is 24.8 Å². The topological polar surface area (TPSA) is 43.0 Å². The first kappa shape index (κ1) is 28.4. The lowest BCUT2D eigenvalue weighted by atomic mass is 9.96. The van der Waals surface area contributed by atoms with Gasteiger partial charge in [0.1, 0.15) is 12.4 Å². The van der Waals surface area contributed by atoms with E-state index in [2.05, 4.69) is 35.3 Å². The second kappa shape index (κ2) is 15.2. The summed E-state index contributed by atoms with van der Waals surface area (Å²) in [6, 6.07) is 14.7. The van der Waals surface area contributed by atoms with Gasteiger partial charge in [0.05, 0.1) is 14.2 Å². The Morgan fingerprint density at radius 2 is 1.56 bits per heavy atom.